The fourth-order valence-electron chi connectivity index (χ4n) is 2.93. The number of anilines is 1. The van der Waals surface area contributed by atoms with Gasteiger partial charge in [0.1, 0.15) is 6.04 Å². The summed E-state index contributed by atoms with van der Waals surface area (Å²) in [5, 5.41) is 26.6. The Bertz CT molecular complexity index is 1040. The van der Waals surface area contributed by atoms with E-state index in [-0.39, 0.29) is 18.0 Å². The van der Waals surface area contributed by atoms with Crippen LogP contribution in [0, 0.1) is 11.8 Å². The number of ether oxygens (including phenoxy) is 1. The Kier molecular flexibility index (Phi) is 11.4. The van der Waals surface area contributed by atoms with E-state index in [1.807, 2.05) is 0 Å². The van der Waals surface area contributed by atoms with E-state index in [0.29, 0.717) is 24.4 Å². The van der Waals surface area contributed by atoms with Gasteiger partial charge >= 0.3 is 0 Å². The molecular formula is C25H30N4O6. The highest BCUT2D eigenvalue weighted by Crippen LogP contribution is 2.10. The van der Waals surface area contributed by atoms with Crippen LogP contribution in [0.2, 0.25) is 0 Å². The molecule has 0 saturated carbocycles. The van der Waals surface area contributed by atoms with Gasteiger partial charge in [0.2, 0.25) is 5.91 Å². The third kappa shape index (κ3) is 9.56. The number of methoxy groups -OCH3 is 1. The summed E-state index contributed by atoms with van der Waals surface area (Å²) < 4.78 is 4.95. The van der Waals surface area contributed by atoms with Crippen LogP contribution in [0.15, 0.2) is 48.5 Å². The molecule has 2 unspecified atom stereocenters. The normalized spacial score (nSPS) is 12.0. The number of hydrogen-bond acceptors (Lipinski definition) is 7. The summed E-state index contributed by atoms with van der Waals surface area (Å²) in [6.07, 6.45) is -0.362. The van der Waals surface area contributed by atoms with Crippen molar-refractivity contribution in [2.45, 2.75) is 25.5 Å². The smallest absolute Gasteiger partial charge is 0.268 e. The van der Waals surface area contributed by atoms with Gasteiger partial charge in [0, 0.05) is 36.1 Å². The van der Waals surface area contributed by atoms with Gasteiger partial charge in [0.15, 0.2) is 0 Å². The summed E-state index contributed by atoms with van der Waals surface area (Å²) in [5.74, 6) is 4.37. The van der Waals surface area contributed by atoms with E-state index < -0.39 is 24.0 Å². The van der Waals surface area contributed by atoms with Gasteiger partial charge in [-0.1, -0.05) is 11.8 Å². The largest absolute Gasteiger partial charge is 0.391 e. The first kappa shape index (κ1) is 27.5. The molecule has 0 aliphatic rings. The Hall–Kier alpha value is -3.75. The van der Waals surface area contributed by atoms with E-state index in [2.05, 4.69) is 27.8 Å². The van der Waals surface area contributed by atoms with E-state index in [1.165, 1.54) is 24.5 Å². The van der Waals surface area contributed by atoms with Crippen molar-refractivity contribution in [1.82, 2.24) is 16.1 Å². The van der Waals surface area contributed by atoms with Gasteiger partial charge in [-0.3, -0.25) is 19.6 Å². The van der Waals surface area contributed by atoms with Crippen molar-refractivity contribution in [3.63, 3.8) is 0 Å². The zero-order valence-electron chi connectivity index (χ0n) is 19.6. The molecule has 10 heteroatoms. The van der Waals surface area contributed by atoms with Gasteiger partial charge in [-0.05, 0) is 68.4 Å². The number of aliphatic hydroxyl groups excluding tert-OH is 1. The number of nitrogens with one attached hydrogen (secondary N) is 4. The second kappa shape index (κ2) is 14.5. The molecule has 0 radical (unpaired) electrons. The Balaban J connectivity index is 1.90. The molecule has 0 saturated heterocycles. The first-order valence-corrected chi connectivity index (χ1v) is 11.0. The van der Waals surface area contributed by atoms with E-state index >= 15 is 0 Å². The maximum absolute atomic E-state index is 12.3. The molecular weight excluding hydrogens is 452 g/mol. The Morgan fingerprint density at radius 2 is 1.60 bits per heavy atom. The lowest BCUT2D eigenvalue weighted by molar-refractivity contribution is -0.133. The number of amides is 3. The number of hydrogen-bond donors (Lipinski definition) is 6. The average molecular weight is 483 g/mol. The molecule has 2 rings (SSSR count). The summed E-state index contributed by atoms with van der Waals surface area (Å²) in [7, 11) is 1.64. The second-order valence-corrected chi connectivity index (χ2v) is 7.64. The molecule has 0 heterocycles. The van der Waals surface area contributed by atoms with Crippen molar-refractivity contribution in [3.05, 3.63) is 65.2 Å². The highest BCUT2D eigenvalue weighted by Gasteiger charge is 2.25. The second-order valence-electron chi connectivity index (χ2n) is 7.64. The predicted molar refractivity (Wildman–Crippen MR) is 130 cm³/mol. The Labute approximate surface area is 204 Å². The van der Waals surface area contributed by atoms with Crippen LogP contribution in [0.25, 0.3) is 0 Å². The third-order valence-corrected chi connectivity index (χ3v) is 4.82. The van der Waals surface area contributed by atoms with Gasteiger partial charge in [-0.25, -0.2) is 5.48 Å². The molecule has 0 aliphatic heterocycles. The van der Waals surface area contributed by atoms with Gasteiger partial charge in [-0.2, -0.15) is 0 Å². The number of rotatable bonds is 11. The number of benzene rings is 2. The maximum Gasteiger partial charge on any atom is 0.268 e. The van der Waals surface area contributed by atoms with Crippen molar-refractivity contribution in [2.24, 2.45) is 0 Å². The van der Waals surface area contributed by atoms with Crippen LogP contribution in [0.3, 0.4) is 0 Å². The minimum atomic E-state index is -1.29. The quantitative estimate of drug-likeness (QED) is 0.119. The molecule has 186 valence electrons. The lowest BCUT2D eigenvalue weighted by Crippen LogP contribution is -2.51. The highest BCUT2D eigenvalue weighted by atomic mass is 16.5. The SMILES string of the molecule is COCCCNCC(=O)Nc1ccc(C#Cc2ccc(C(=O)NC(C(=O)NO)C(C)O)cc2)cc1. The van der Waals surface area contributed by atoms with Gasteiger partial charge in [-0.15, -0.1) is 0 Å². The fourth-order valence-corrected chi connectivity index (χ4v) is 2.93. The fraction of sp³-hybridized carbons (Fsp3) is 0.320. The van der Waals surface area contributed by atoms with E-state index in [9.17, 15) is 19.5 Å². The molecule has 0 aromatic heterocycles. The summed E-state index contributed by atoms with van der Waals surface area (Å²) in [4.78, 5) is 35.8. The van der Waals surface area contributed by atoms with Crippen molar-refractivity contribution < 1.29 is 29.4 Å². The summed E-state index contributed by atoms with van der Waals surface area (Å²) in [5.41, 5.74) is 3.76. The highest BCUT2D eigenvalue weighted by molar-refractivity contribution is 5.97. The van der Waals surface area contributed by atoms with E-state index in [1.54, 1.807) is 43.5 Å². The first-order valence-electron chi connectivity index (χ1n) is 11.0. The lowest BCUT2D eigenvalue weighted by Gasteiger charge is -2.19. The van der Waals surface area contributed by atoms with Gasteiger partial charge < -0.3 is 25.8 Å². The van der Waals surface area contributed by atoms with Crippen LogP contribution in [0.1, 0.15) is 34.8 Å². The lowest BCUT2D eigenvalue weighted by atomic mass is 10.1. The maximum atomic E-state index is 12.3. The molecule has 2 aromatic carbocycles. The summed E-state index contributed by atoms with van der Waals surface area (Å²) >= 11 is 0. The molecule has 3 amide bonds. The minimum Gasteiger partial charge on any atom is -0.391 e. The van der Waals surface area contributed by atoms with Crippen molar-refractivity contribution >= 4 is 23.4 Å². The zero-order chi connectivity index (χ0) is 25.6. The third-order valence-electron chi connectivity index (χ3n) is 4.82. The number of hydroxylamine groups is 1. The number of carbonyl (C=O) groups excluding carboxylic acids is 3. The van der Waals surface area contributed by atoms with E-state index in [0.717, 1.165) is 12.0 Å². The van der Waals surface area contributed by atoms with E-state index in [4.69, 9.17) is 9.94 Å². The van der Waals surface area contributed by atoms with Crippen LogP contribution in [-0.4, -0.2) is 67.0 Å². The van der Waals surface area contributed by atoms with Gasteiger partial charge in [0.05, 0.1) is 12.6 Å². The molecule has 0 bridgehead atoms. The van der Waals surface area contributed by atoms with Crippen LogP contribution in [0.4, 0.5) is 5.69 Å². The molecule has 6 N–H and O–H groups in total. The molecule has 2 aromatic rings. The van der Waals surface area contributed by atoms with Gasteiger partial charge in [0.25, 0.3) is 11.8 Å². The first-order chi connectivity index (χ1) is 16.8. The molecule has 35 heavy (non-hydrogen) atoms. The molecule has 2 atom stereocenters. The summed E-state index contributed by atoms with van der Waals surface area (Å²) in [6.45, 7) is 2.88. The van der Waals surface area contributed by atoms with Crippen molar-refractivity contribution in [1.29, 1.82) is 0 Å². The molecule has 10 nitrogen and oxygen atoms in total. The molecule has 0 spiro atoms. The standard InChI is InChI=1S/C25H30N4O6/c1-17(30)23(25(33)29-34)28-24(32)20-10-6-18(7-11-20)4-5-19-8-12-21(13-9-19)27-22(31)16-26-14-3-15-35-2/h6-13,17,23,26,30,34H,3,14-16H2,1-2H3,(H,27,31)(H,28,32)(H,29,33). The predicted octanol–water partition coefficient (Wildman–Crippen LogP) is 0.636. The molecule has 0 fully saturated rings. The minimum absolute atomic E-state index is 0.137. The van der Waals surface area contributed by atoms with Crippen LogP contribution in [-0.2, 0) is 14.3 Å². The van der Waals surface area contributed by atoms with Crippen molar-refractivity contribution in [2.75, 3.05) is 32.1 Å². The summed E-state index contributed by atoms with van der Waals surface area (Å²) in [6, 6.07) is 12.2. The topological polar surface area (TPSA) is 149 Å². The van der Waals surface area contributed by atoms with Crippen molar-refractivity contribution in [3.8, 4) is 11.8 Å². The van der Waals surface area contributed by atoms with Crippen LogP contribution in [0.5, 0.6) is 0 Å². The number of aliphatic hydroxyl groups is 1. The number of carbonyl (C=O) groups is 3. The Morgan fingerprint density at radius 1 is 1.00 bits per heavy atom. The zero-order valence-corrected chi connectivity index (χ0v) is 19.6. The Morgan fingerprint density at radius 3 is 2.14 bits per heavy atom. The average Bonchev–Trinajstić information content (AvgIpc) is 2.86. The van der Waals surface area contributed by atoms with Crippen LogP contribution >= 0.6 is 0 Å². The monoisotopic (exact) mass is 482 g/mol. The van der Waals surface area contributed by atoms with Crippen LogP contribution < -0.4 is 21.4 Å². The molecule has 0 aliphatic carbocycles.